The maximum absolute atomic E-state index is 13.3. The summed E-state index contributed by atoms with van der Waals surface area (Å²) in [7, 11) is -3.22. The molecule has 0 bridgehead atoms. The number of sulfone groups is 1. The molecule has 184 valence electrons. The Morgan fingerprint density at radius 1 is 1.00 bits per heavy atom. The van der Waals surface area contributed by atoms with Gasteiger partial charge in [-0.25, -0.2) is 8.42 Å². The molecule has 2 aliphatic heterocycles. The van der Waals surface area contributed by atoms with Crippen molar-refractivity contribution in [1.29, 1.82) is 0 Å². The van der Waals surface area contributed by atoms with E-state index in [1.807, 2.05) is 17.0 Å². The van der Waals surface area contributed by atoms with E-state index in [-0.39, 0.29) is 17.4 Å². The molecule has 2 aromatic carbocycles. The predicted octanol–water partition coefficient (Wildman–Crippen LogP) is 4.30. The Morgan fingerprint density at radius 2 is 1.65 bits per heavy atom. The molecule has 2 aromatic rings. The van der Waals surface area contributed by atoms with Gasteiger partial charge in [-0.05, 0) is 80.7 Å². The molecule has 2 heterocycles. The van der Waals surface area contributed by atoms with Crippen molar-refractivity contribution in [1.82, 2.24) is 9.80 Å². The van der Waals surface area contributed by atoms with Gasteiger partial charge in [0, 0.05) is 25.4 Å². The molecule has 1 atom stereocenters. The highest BCUT2D eigenvalue weighted by molar-refractivity contribution is 7.90. The van der Waals surface area contributed by atoms with Crippen molar-refractivity contribution in [2.24, 2.45) is 11.1 Å². The average Bonchev–Trinajstić information content (AvgIpc) is 3.10. The number of piperidine rings is 1. The van der Waals surface area contributed by atoms with Gasteiger partial charge in [0.2, 0.25) is 5.91 Å². The monoisotopic (exact) mass is 523 g/mol. The number of nitrogens with two attached hydrogens (primary N) is 1. The summed E-state index contributed by atoms with van der Waals surface area (Å²) in [6.07, 6.45) is 4.61. The largest absolute Gasteiger partial charge is 0.338 e. The van der Waals surface area contributed by atoms with E-state index in [0.717, 1.165) is 63.0 Å². The number of carbonyl (C=O) groups is 1. The number of nitrogens with zero attached hydrogens (tertiary/aromatic N) is 2. The molecule has 4 rings (SSSR count). The molecule has 2 aliphatic rings. The summed E-state index contributed by atoms with van der Waals surface area (Å²) < 4.78 is 23.3. The van der Waals surface area contributed by atoms with Gasteiger partial charge in [0.25, 0.3) is 0 Å². The average molecular weight is 525 g/mol. The third-order valence-corrected chi connectivity index (χ3v) is 9.13. The Balaban J connectivity index is 1.28. The minimum absolute atomic E-state index is 0.108. The maximum atomic E-state index is 13.3. The number of hydrogen-bond donors (Lipinski definition) is 1. The van der Waals surface area contributed by atoms with Gasteiger partial charge in [0.05, 0.1) is 20.4 Å². The summed E-state index contributed by atoms with van der Waals surface area (Å²) >= 11 is 12.1. The normalized spacial score (nSPS) is 19.6. The first kappa shape index (κ1) is 25.5. The van der Waals surface area contributed by atoms with E-state index in [0.29, 0.717) is 21.5 Å². The van der Waals surface area contributed by atoms with Crippen molar-refractivity contribution in [3.05, 3.63) is 63.6 Å². The minimum Gasteiger partial charge on any atom is -0.338 e. The predicted molar refractivity (Wildman–Crippen MR) is 136 cm³/mol. The Bertz CT molecular complexity index is 1150. The van der Waals surface area contributed by atoms with E-state index in [1.54, 1.807) is 30.3 Å². The Kier molecular flexibility index (Phi) is 7.60. The first-order chi connectivity index (χ1) is 16.1. The molecule has 9 heteroatoms. The second kappa shape index (κ2) is 10.2. The van der Waals surface area contributed by atoms with Crippen LogP contribution >= 0.6 is 23.2 Å². The summed E-state index contributed by atoms with van der Waals surface area (Å²) in [5.41, 5.74) is 8.03. The van der Waals surface area contributed by atoms with Gasteiger partial charge in [-0.15, -0.1) is 0 Å². The Morgan fingerprint density at radius 3 is 2.26 bits per heavy atom. The molecule has 2 fully saturated rings. The van der Waals surface area contributed by atoms with Gasteiger partial charge < -0.3 is 15.5 Å². The van der Waals surface area contributed by atoms with Gasteiger partial charge in [0.15, 0.2) is 9.84 Å². The van der Waals surface area contributed by atoms with Gasteiger partial charge in [-0.3, -0.25) is 4.79 Å². The van der Waals surface area contributed by atoms with Crippen molar-refractivity contribution in [3.63, 3.8) is 0 Å². The van der Waals surface area contributed by atoms with Crippen molar-refractivity contribution in [3.8, 4) is 0 Å². The molecule has 34 heavy (non-hydrogen) atoms. The van der Waals surface area contributed by atoms with E-state index < -0.39 is 9.84 Å². The Hall–Kier alpha value is -1.64. The van der Waals surface area contributed by atoms with Crippen LogP contribution in [0.2, 0.25) is 10.0 Å². The molecule has 1 unspecified atom stereocenters. The van der Waals surface area contributed by atoms with Crippen LogP contribution in [0, 0.1) is 5.41 Å². The van der Waals surface area contributed by atoms with Crippen LogP contribution in [0.3, 0.4) is 0 Å². The van der Waals surface area contributed by atoms with Crippen LogP contribution in [0.5, 0.6) is 0 Å². The zero-order valence-corrected chi connectivity index (χ0v) is 21.7. The lowest BCUT2D eigenvalue weighted by Gasteiger charge is -2.38. The summed E-state index contributed by atoms with van der Waals surface area (Å²) in [5.74, 6) is 0.229. The molecule has 0 aromatic heterocycles. The minimum atomic E-state index is -3.22. The molecular formula is C25H31Cl2N3O3S. The third-order valence-electron chi connectivity index (χ3n) is 7.27. The SMILES string of the molecule is CS(=O)(=O)c1ccc(CN2CCC3(CCN(CCC(N)c4ccc(Cl)c(Cl)c4)CC3)C2=O)cc1. The van der Waals surface area contributed by atoms with Crippen LogP contribution in [0.15, 0.2) is 47.4 Å². The second-order valence-electron chi connectivity index (χ2n) is 9.58. The number of amides is 1. The lowest BCUT2D eigenvalue weighted by molar-refractivity contribution is -0.138. The van der Waals surface area contributed by atoms with E-state index in [2.05, 4.69) is 4.90 Å². The number of likely N-dealkylation sites (tertiary alicyclic amines) is 2. The lowest BCUT2D eigenvalue weighted by Crippen LogP contribution is -2.45. The standard InChI is InChI=1S/C25H31Cl2N3O3S/c1-34(32,33)20-5-2-18(3-6-20)17-30-15-11-25(24(30)31)9-13-29(14-10-25)12-8-23(28)19-4-7-21(26)22(27)16-19/h2-7,16,23H,8-15,17,28H2,1H3. The number of rotatable bonds is 7. The zero-order valence-electron chi connectivity index (χ0n) is 19.3. The summed E-state index contributed by atoms with van der Waals surface area (Å²) in [4.78, 5) is 17.9. The van der Waals surface area contributed by atoms with Crippen molar-refractivity contribution >= 4 is 38.9 Å². The number of hydrogen-bond acceptors (Lipinski definition) is 5. The molecule has 2 saturated heterocycles. The number of benzene rings is 2. The van der Waals surface area contributed by atoms with Crippen molar-refractivity contribution in [2.75, 3.05) is 32.4 Å². The van der Waals surface area contributed by atoms with Crippen LogP contribution in [-0.2, 0) is 21.2 Å². The second-order valence-corrected chi connectivity index (χ2v) is 12.4. The Labute approximate surface area is 211 Å². The smallest absolute Gasteiger partial charge is 0.229 e. The first-order valence-electron chi connectivity index (χ1n) is 11.6. The molecule has 0 aliphatic carbocycles. The fourth-order valence-corrected chi connectivity index (χ4v) is 5.94. The molecule has 0 radical (unpaired) electrons. The number of carbonyl (C=O) groups excluding carboxylic acids is 1. The topological polar surface area (TPSA) is 83.7 Å². The summed E-state index contributed by atoms with van der Waals surface area (Å²) in [5, 5.41) is 1.05. The fraction of sp³-hybridized carbons (Fsp3) is 0.480. The molecule has 0 saturated carbocycles. The van der Waals surface area contributed by atoms with Gasteiger partial charge in [-0.1, -0.05) is 41.4 Å². The molecule has 2 N–H and O–H groups in total. The van der Waals surface area contributed by atoms with Crippen molar-refractivity contribution < 1.29 is 13.2 Å². The number of halogens is 2. The van der Waals surface area contributed by atoms with Crippen LogP contribution in [0.25, 0.3) is 0 Å². The first-order valence-corrected chi connectivity index (χ1v) is 14.2. The summed E-state index contributed by atoms with van der Waals surface area (Å²) in [6.45, 7) is 3.91. The van der Waals surface area contributed by atoms with Crippen LogP contribution in [0.1, 0.15) is 42.9 Å². The lowest BCUT2D eigenvalue weighted by atomic mass is 9.77. The van der Waals surface area contributed by atoms with E-state index in [4.69, 9.17) is 28.9 Å². The van der Waals surface area contributed by atoms with Crippen LogP contribution < -0.4 is 5.73 Å². The molecule has 6 nitrogen and oxygen atoms in total. The highest BCUT2D eigenvalue weighted by Gasteiger charge is 2.47. The van der Waals surface area contributed by atoms with E-state index in [1.165, 1.54) is 6.26 Å². The van der Waals surface area contributed by atoms with E-state index in [9.17, 15) is 13.2 Å². The quantitative estimate of drug-likeness (QED) is 0.584. The molecular weight excluding hydrogens is 493 g/mol. The van der Waals surface area contributed by atoms with Gasteiger partial charge in [0.1, 0.15) is 0 Å². The highest BCUT2D eigenvalue weighted by Crippen LogP contribution is 2.42. The summed E-state index contributed by atoms with van der Waals surface area (Å²) in [6, 6.07) is 12.3. The van der Waals surface area contributed by atoms with Gasteiger partial charge in [-0.2, -0.15) is 0 Å². The maximum Gasteiger partial charge on any atom is 0.229 e. The van der Waals surface area contributed by atoms with Crippen LogP contribution in [0.4, 0.5) is 0 Å². The third kappa shape index (κ3) is 5.60. The zero-order chi connectivity index (χ0) is 24.5. The van der Waals surface area contributed by atoms with E-state index >= 15 is 0 Å². The highest BCUT2D eigenvalue weighted by atomic mass is 35.5. The molecule has 1 spiro atoms. The van der Waals surface area contributed by atoms with Gasteiger partial charge >= 0.3 is 0 Å². The van der Waals surface area contributed by atoms with Crippen molar-refractivity contribution in [2.45, 2.75) is 43.2 Å². The van der Waals surface area contributed by atoms with Crippen LogP contribution in [-0.4, -0.2) is 56.6 Å². The fourth-order valence-electron chi connectivity index (χ4n) is 5.01. The molecule has 1 amide bonds.